The molecule has 2 N–H and O–H groups in total. The van der Waals surface area contributed by atoms with Crippen molar-refractivity contribution in [2.75, 3.05) is 0 Å². The SMILES string of the molecule is CC(=N)C(=O)CCCCCCCCCCCCCCCCC(=O)O. The number of rotatable bonds is 18. The number of carboxylic acids is 1. The van der Waals surface area contributed by atoms with Gasteiger partial charge in [-0.15, -0.1) is 0 Å². The normalized spacial score (nSPS) is 10.7. The van der Waals surface area contributed by atoms with Gasteiger partial charge in [0.2, 0.25) is 0 Å². The number of carbonyl (C=O) groups excluding carboxylic acids is 1. The first kappa shape index (κ1) is 22.8. The lowest BCUT2D eigenvalue weighted by Gasteiger charge is -2.03. The minimum atomic E-state index is -0.676. The summed E-state index contributed by atoms with van der Waals surface area (Å²) in [6, 6.07) is 0. The van der Waals surface area contributed by atoms with Crippen molar-refractivity contribution in [3.63, 3.8) is 0 Å². The summed E-state index contributed by atoms with van der Waals surface area (Å²) in [7, 11) is 0. The number of ketones is 1. The van der Waals surface area contributed by atoms with E-state index < -0.39 is 5.97 Å². The van der Waals surface area contributed by atoms with Crippen molar-refractivity contribution < 1.29 is 14.7 Å². The average Bonchev–Trinajstić information content (AvgIpc) is 2.53. The van der Waals surface area contributed by atoms with Crippen molar-refractivity contribution in [3.05, 3.63) is 0 Å². The monoisotopic (exact) mass is 339 g/mol. The van der Waals surface area contributed by atoms with Crippen LogP contribution in [0.5, 0.6) is 0 Å². The summed E-state index contributed by atoms with van der Waals surface area (Å²) in [5.41, 5.74) is 0.190. The summed E-state index contributed by atoms with van der Waals surface area (Å²) >= 11 is 0. The molecular formula is C20H37NO3. The quantitative estimate of drug-likeness (QED) is 0.240. The van der Waals surface area contributed by atoms with E-state index in [0.29, 0.717) is 12.8 Å². The predicted molar refractivity (Wildman–Crippen MR) is 99.9 cm³/mol. The van der Waals surface area contributed by atoms with Gasteiger partial charge >= 0.3 is 5.97 Å². The maximum absolute atomic E-state index is 11.3. The summed E-state index contributed by atoms with van der Waals surface area (Å²) in [5, 5.41) is 15.8. The lowest BCUT2D eigenvalue weighted by atomic mass is 10.0. The number of carboxylic acid groups (broad SMARTS) is 1. The molecule has 0 aliphatic rings. The summed E-state index contributed by atoms with van der Waals surface area (Å²) in [4.78, 5) is 21.6. The van der Waals surface area contributed by atoms with Crippen LogP contribution in [0, 0.1) is 5.41 Å². The van der Waals surface area contributed by atoms with E-state index in [4.69, 9.17) is 10.5 Å². The summed E-state index contributed by atoms with van der Waals surface area (Å²) in [6.07, 6.45) is 17.5. The first-order valence-corrected chi connectivity index (χ1v) is 9.84. The van der Waals surface area contributed by atoms with E-state index in [0.717, 1.165) is 25.7 Å². The Morgan fingerprint density at radius 3 is 1.21 bits per heavy atom. The fourth-order valence-electron chi connectivity index (χ4n) is 2.87. The molecule has 0 bridgehead atoms. The second-order valence-electron chi connectivity index (χ2n) is 6.89. The third-order valence-electron chi connectivity index (χ3n) is 4.46. The third kappa shape index (κ3) is 17.2. The Bertz CT molecular complexity index is 353. The van der Waals surface area contributed by atoms with Gasteiger partial charge in [-0.05, 0) is 19.8 Å². The smallest absolute Gasteiger partial charge is 0.303 e. The molecule has 0 heterocycles. The number of Topliss-reactive ketones (excluding diaryl/α,β-unsaturated/α-hetero) is 1. The van der Waals surface area contributed by atoms with E-state index in [2.05, 4.69) is 0 Å². The predicted octanol–water partition coefficient (Wildman–Crippen LogP) is 5.92. The van der Waals surface area contributed by atoms with Crippen molar-refractivity contribution >= 4 is 17.5 Å². The number of unbranched alkanes of at least 4 members (excludes halogenated alkanes) is 13. The number of hydrogen-bond acceptors (Lipinski definition) is 3. The molecule has 0 amide bonds. The minimum absolute atomic E-state index is 0.00288. The van der Waals surface area contributed by atoms with E-state index in [-0.39, 0.29) is 11.5 Å². The van der Waals surface area contributed by atoms with Crippen LogP contribution in [0.3, 0.4) is 0 Å². The highest BCUT2D eigenvalue weighted by molar-refractivity contribution is 6.37. The van der Waals surface area contributed by atoms with E-state index in [9.17, 15) is 9.59 Å². The standard InChI is InChI=1S/C20H37NO3/c1-18(21)19(22)16-14-12-10-8-6-4-2-3-5-7-9-11-13-15-17-20(23)24/h21H,2-17H2,1H3,(H,23,24). The summed E-state index contributed by atoms with van der Waals surface area (Å²) in [5.74, 6) is -0.679. The van der Waals surface area contributed by atoms with Gasteiger partial charge in [-0.25, -0.2) is 0 Å². The third-order valence-corrected chi connectivity index (χ3v) is 4.46. The number of hydrogen-bond donors (Lipinski definition) is 2. The maximum Gasteiger partial charge on any atom is 0.303 e. The zero-order chi connectivity index (χ0) is 18.0. The molecule has 0 spiro atoms. The van der Waals surface area contributed by atoms with Crippen LogP contribution >= 0.6 is 0 Å². The molecule has 0 saturated carbocycles. The van der Waals surface area contributed by atoms with E-state index in [1.807, 2.05) is 0 Å². The molecule has 0 aromatic rings. The highest BCUT2D eigenvalue weighted by atomic mass is 16.4. The number of carbonyl (C=O) groups is 2. The van der Waals surface area contributed by atoms with Gasteiger partial charge in [0.15, 0.2) is 5.78 Å². The highest BCUT2D eigenvalue weighted by Gasteiger charge is 2.03. The Labute approximate surface area is 147 Å². The molecule has 0 rings (SSSR count). The lowest BCUT2D eigenvalue weighted by Crippen LogP contribution is -2.07. The summed E-state index contributed by atoms with van der Waals surface area (Å²) in [6.45, 7) is 1.57. The Balaban J connectivity index is 3.09. The first-order valence-electron chi connectivity index (χ1n) is 9.84. The van der Waals surface area contributed by atoms with Gasteiger partial charge in [-0.1, -0.05) is 77.0 Å². The molecule has 0 atom stereocenters. The fourth-order valence-corrected chi connectivity index (χ4v) is 2.87. The Hall–Kier alpha value is -1.19. The van der Waals surface area contributed by atoms with Crippen molar-refractivity contribution in [1.82, 2.24) is 0 Å². The van der Waals surface area contributed by atoms with Crippen LogP contribution in [0.15, 0.2) is 0 Å². The zero-order valence-corrected chi connectivity index (χ0v) is 15.6. The second kappa shape index (κ2) is 16.7. The van der Waals surface area contributed by atoms with Crippen molar-refractivity contribution in [2.45, 2.75) is 110 Å². The molecule has 0 aromatic heterocycles. The largest absolute Gasteiger partial charge is 0.481 e. The van der Waals surface area contributed by atoms with Crippen molar-refractivity contribution in [1.29, 1.82) is 5.41 Å². The molecule has 140 valence electrons. The maximum atomic E-state index is 11.3. The van der Waals surface area contributed by atoms with Crippen molar-refractivity contribution in [2.24, 2.45) is 0 Å². The topological polar surface area (TPSA) is 78.2 Å². The van der Waals surface area contributed by atoms with Crippen molar-refractivity contribution in [3.8, 4) is 0 Å². The average molecular weight is 340 g/mol. The highest BCUT2D eigenvalue weighted by Crippen LogP contribution is 2.13. The van der Waals surface area contributed by atoms with Gasteiger partial charge < -0.3 is 10.5 Å². The van der Waals surface area contributed by atoms with Gasteiger partial charge in [-0.2, -0.15) is 0 Å². The fraction of sp³-hybridized carbons (Fsp3) is 0.850. The van der Waals surface area contributed by atoms with Crippen LogP contribution in [0.2, 0.25) is 0 Å². The zero-order valence-electron chi connectivity index (χ0n) is 15.6. The molecule has 0 aliphatic carbocycles. The molecule has 4 heteroatoms. The summed E-state index contributed by atoms with van der Waals surface area (Å²) < 4.78 is 0. The molecule has 0 aliphatic heterocycles. The van der Waals surface area contributed by atoms with Gasteiger partial charge in [0.05, 0.1) is 5.71 Å². The van der Waals surface area contributed by atoms with E-state index >= 15 is 0 Å². The lowest BCUT2D eigenvalue weighted by molar-refractivity contribution is -0.137. The van der Waals surface area contributed by atoms with Crippen LogP contribution in [0.1, 0.15) is 110 Å². The Morgan fingerprint density at radius 2 is 0.917 bits per heavy atom. The minimum Gasteiger partial charge on any atom is -0.481 e. The van der Waals surface area contributed by atoms with Crippen LogP contribution in [0.25, 0.3) is 0 Å². The molecule has 0 radical (unpaired) electrons. The van der Waals surface area contributed by atoms with Gasteiger partial charge in [0.25, 0.3) is 0 Å². The van der Waals surface area contributed by atoms with E-state index in [1.54, 1.807) is 6.92 Å². The Morgan fingerprint density at radius 1 is 0.625 bits per heavy atom. The molecule has 0 unspecified atom stereocenters. The van der Waals surface area contributed by atoms with Gasteiger partial charge in [-0.3, -0.25) is 9.59 Å². The van der Waals surface area contributed by atoms with Gasteiger partial charge in [0.1, 0.15) is 0 Å². The molecular weight excluding hydrogens is 302 g/mol. The van der Waals surface area contributed by atoms with Crippen LogP contribution in [-0.2, 0) is 9.59 Å². The van der Waals surface area contributed by atoms with Crippen LogP contribution in [0.4, 0.5) is 0 Å². The van der Waals surface area contributed by atoms with Gasteiger partial charge in [0, 0.05) is 12.8 Å². The molecule has 0 saturated heterocycles. The van der Waals surface area contributed by atoms with E-state index in [1.165, 1.54) is 64.2 Å². The van der Waals surface area contributed by atoms with Crippen LogP contribution in [-0.4, -0.2) is 22.6 Å². The molecule has 0 aromatic carbocycles. The second-order valence-corrected chi connectivity index (χ2v) is 6.89. The molecule has 0 fully saturated rings. The molecule has 24 heavy (non-hydrogen) atoms. The van der Waals surface area contributed by atoms with Crippen LogP contribution < -0.4 is 0 Å². The molecule has 4 nitrogen and oxygen atoms in total. The first-order chi connectivity index (χ1) is 11.5. The Kier molecular flexibility index (Phi) is 15.8. The number of aliphatic carboxylic acids is 1. The number of nitrogens with one attached hydrogen (secondary N) is 1.